The van der Waals surface area contributed by atoms with E-state index in [4.69, 9.17) is 19.3 Å². The van der Waals surface area contributed by atoms with Gasteiger partial charge in [0.05, 0.1) is 18.4 Å². The number of hydrogen-bond acceptors (Lipinski definition) is 9. The van der Waals surface area contributed by atoms with Crippen LogP contribution in [-0.2, 0) is 23.8 Å². The zero-order chi connectivity index (χ0) is 18.5. The number of carboxylic acid groups (broad SMARTS) is 1. The van der Waals surface area contributed by atoms with Crippen LogP contribution in [0, 0.1) is 0 Å². The molecule has 0 amide bonds. The highest BCUT2D eigenvalue weighted by atomic mass is 16.7. The molecule has 1 saturated heterocycles. The third-order valence-corrected chi connectivity index (χ3v) is 3.47. The predicted octanol–water partition coefficient (Wildman–Crippen LogP) is -2.01. The SMILES string of the molecule is CCOC1OC(COC(=O)CC(C)(O)CC(=O)O)C(O)C(O)C1O. The molecule has 0 bridgehead atoms. The largest absolute Gasteiger partial charge is 0.481 e. The van der Waals surface area contributed by atoms with Crippen molar-refractivity contribution in [1.82, 2.24) is 0 Å². The van der Waals surface area contributed by atoms with E-state index in [0.717, 1.165) is 0 Å². The Bertz CT molecular complexity index is 437. The predicted molar refractivity (Wildman–Crippen MR) is 76.8 cm³/mol. The van der Waals surface area contributed by atoms with E-state index in [0.29, 0.717) is 0 Å². The second-order valence-corrected chi connectivity index (χ2v) is 5.90. The Labute approximate surface area is 138 Å². The molecule has 10 nitrogen and oxygen atoms in total. The summed E-state index contributed by atoms with van der Waals surface area (Å²) in [5, 5.41) is 47.7. The van der Waals surface area contributed by atoms with Gasteiger partial charge in [-0.1, -0.05) is 0 Å². The highest BCUT2D eigenvalue weighted by Gasteiger charge is 2.44. The number of rotatable bonds is 8. The van der Waals surface area contributed by atoms with Crippen LogP contribution in [0.4, 0.5) is 0 Å². The molecule has 0 aromatic heterocycles. The summed E-state index contributed by atoms with van der Waals surface area (Å²) in [5.74, 6) is -2.17. The van der Waals surface area contributed by atoms with E-state index in [1.54, 1.807) is 6.92 Å². The Morgan fingerprint density at radius 2 is 1.75 bits per heavy atom. The van der Waals surface area contributed by atoms with Gasteiger partial charge < -0.3 is 39.7 Å². The number of hydrogen-bond donors (Lipinski definition) is 5. The average Bonchev–Trinajstić information content (AvgIpc) is 2.44. The fourth-order valence-electron chi connectivity index (χ4n) is 2.28. The topological polar surface area (TPSA) is 163 Å². The van der Waals surface area contributed by atoms with Crippen LogP contribution in [0.5, 0.6) is 0 Å². The molecule has 0 saturated carbocycles. The summed E-state index contributed by atoms with van der Waals surface area (Å²) in [4.78, 5) is 22.3. The van der Waals surface area contributed by atoms with E-state index in [9.17, 15) is 30.0 Å². The number of carbonyl (C=O) groups excluding carboxylic acids is 1. The van der Waals surface area contributed by atoms with Gasteiger partial charge in [0.2, 0.25) is 0 Å². The van der Waals surface area contributed by atoms with Crippen molar-refractivity contribution in [2.24, 2.45) is 0 Å². The minimum Gasteiger partial charge on any atom is -0.481 e. The molecule has 24 heavy (non-hydrogen) atoms. The zero-order valence-corrected chi connectivity index (χ0v) is 13.5. The van der Waals surface area contributed by atoms with Crippen LogP contribution in [0.1, 0.15) is 26.7 Å². The molecule has 140 valence electrons. The molecule has 10 heteroatoms. The second-order valence-electron chi connectivity index (χ2n) is 5.90. The van der Waals surface area contributed by atoms with Crippen LogP contribution in [-0.4, -0.2) is 87.0 Å². The third-order valence-electron chi connectivity index (χ3n) is 3.47. The molecule has 5 N–H and O–H groups in total. The van der Waals surface area contributed by atoms with Crippen LogP contribution in [0.15, 0.2) is 0 Å². The smallest absolute Gasteiger partial charge is 0.308 e. The number of carbonyl (C=O) groups is 2. The lowest BCUT2D eigenvalue weighted by Crippen LogP contribution is -2.59. The summed E-state index contributed by atoms with van der Waals surface area (Å²) >= 11 is 0. The van der Waals surface area contributed by atoms with Gasteiger partial charge in [0.25, 0.3) is 0 Å². The van der Waals surface area contributed by atoms with Crippen LogP contribution < -0.4 is 0 Å². The van der Waals surface area contributed by atoms with Gasteiger partial charge >= 0.3 is 11.9 Å². The molecule has 1 aliphatic heterocycles. The van der Waals surface area contributed by atoms with Gasteiger partial charge in [0.1, 0.15) is 31.0 Å². The van der Waals surface area contributed by atoms with Gasteiger partial charge in [-0.2, -0.15) is 0 Å². The summed E-state index contributed by atoms with van der Waals surface area (Å²) in [6.07, 6.45) is -8.05. The van der Waals surface area contributed by atoms with Crippen LogP contribution in [0.2, 0.25) is 0 Å². The zero-order valence-electron chi connectivity index (χ0n) is 13.5. The van der Waals surface area contributed by atoms with Crippen LogP contribution in [0.3, 0.4) is 0 Å². The molecule has 1 rings (SSSR count). The van der Waals surface area contributed by atoms with Gasteiger partial charge in [0.15, 0.2) is 6.29 Å². The first-order valence-corrected chi connectivity index (χ1v) is 7.48. The van der Waals surface area contributed by atoms with Crippen LogP contribution >= 0.6 is 0 Å². The molecule has 6 atom stereocenters. The summed E-state index contributed by atoms with van der Waals surface area (Å²) in [5.41, 5.74) is -1.78. The highest BCUT2D eigenvalue weighted by Crippen LogP contribution is 2.23. The van der Waals surface area contributed by atoms with Gasteiger partial charge in [-0.15, -0.1) is 0 Å². The first-order chi connectivity index (χ1) is 11.1. The summed E-state index contributed by atoms with van der Waals surface area (Å²) < 4.78 is 15.2. The van der Waals surface area contributed by atoms with Gasteiger partial charge in [0, 0.05) is 6.61 Å². The maximum Gasteiger partial charge on any atom is 0.308 e. The Morgan fingerprint density at radius 1 is 1.12 bits per heavy atom. The van der Waals surface area contributed by atoms with Crippen molar-refractivity contribution in [1.29, 1.82) is 0 Å². The molecule has 1 aliphatic rings. The Morgan fingerprint density at radius 3 is 2.29 bits per heavy atom. The number of aliphatic carboxylic acids is 1. The first kappa shape index (κ1) is 20.7. The van der Waals surface area contributed by atoms with Crippen LogP contribution in [0.25, 0.3) is 0 Å². The number of carboxylic acids is 1. The van der Waals surface area contributed by atoms with E-state index in [2.05, 4.69) is 0 Å². The second kappa shape index (κ2) is 8.70. The third kappa shape index (κ3) is 5.96. The average molecular weight is 352 g/mol. The summed E-state index contributed by atoms with van der Waals surface area (Å²) in [6, 6.07) is 0. The molecule has 1 fully saturated rings. The minimum atomic E-state index is -1.78. The lowest BCUT2D eigenvalue weighted by molar-refractivity contribution is -0.300. The van der Waals surface area contributed by atoms with Crippen molar-refractivity contribution >= 4 is 11.9 Å². The molecule has 0 spiro atoms. The lowest BCUT2D eigenvalue weighted by atomic mass is 9.98. The van der Waals surface area contributed by atoms with Crippen molar-refractivity contribution in [2.45, 2.75) is 63.0 Å². The number of aliphatic hydroxyl groups excluding tert-OH is 3. The van der Waals surface area contributed by atoms with Gasteiger partial charge in [-0.05, 0) is 13.8 Å². The molecular weight excluding hydrogens is 328 g/mol. The number of ether oxygens (including phenoxy) is 3. The lowest BCUT2D eigenvalue weighted by Gasteiger charge is -2.39. The summed E-state index contributed by atoms with van der Waals surface area (Å²) in [7, 11) is 0. The normalized spacial score (nSPS) is 32.8. The maximum absolute atomic E-state index is 11.7. The molecule has 0 aliphatic carbocycles. The van der Waals surface area contributed by atoms with E-state index < -0.39 is 67.7 Å². The minimum absolute atomic E-state index is 0.190. The quantitative estimate of drug-likeness (QED) is 0.308. The van der Waals surface area contributed by atoms with Crippen molar-refractivity contribution < 1.29 is 49.3 Å². The molecule has 1 heterocycles. The Kier molecular flexibility index (Phi) is 7.52. The fourth-order valence-corrected chi connectivity index (χ4v) is 2.28. The van der Waals surface area contributed by atoms with Gasteiger partial charge in [-0.3, -0.25) is 9.59 Å². The van der Waals surface area contributed by atoms with Gasteiger partial charge in [-0.25, -0.2) is 0 Å². The van der Waals surface area contributed by atoms with E-state index in [-0.39, 0.29) is 6.61 Å². The van der Waals surface area contributed by atoms with E-state index in [1.165, 1.54) is 6.92 Å². The molecular formula is C14H24O10. The number of esters is 1. The number of aliphatic hydroxyl groups is 4. The Balaban J connectivity index is 2.55. The monoisotopic (exact) mass is 352 g/mol. The molecule has 6 unspecified atom stereocenters. The van der Waals surface area contributed by atoms with Crippen molar-refractivity contribution in [3.63, 3.8) is 0 Å². The molecule has 0 aromatic carbocycles. The fraction of sp³-hybridized carbons (Fsp3) is 0.857. The molecule has 0 radical (unpaired) electrons. The standard InChI is InChI=1S/C14H24O10/c1-3-22-13-12(20)11(19)10(18)7(24-13)6-23-9(17)5-14(2,21)4-8(15)16/h7,10-13,18-21H,3-6H2,1-2H3,(H,15,16). The van der Waals surface area contributed by atoms with Crippen molar-refractivity contribution in [3.05, 3.63) is 0 Å². The van der Waals surface area contributed by atoms with Crippen molar-refractivity contribution in [3.8, 4) is 0 Å². The van der Waals surface area contributed by atoms with E-state index >= 15 is 0 Å². The maximum atomic E-state index is 11.7. The highest BCUT2D eigenvalue weighted by molar-refractivity contribution is 5.73. The van der Waals surface area contributed by atoms with E-state index in [1.807, 2.05) is 0 Å². The van der Waals surface area contributed by atoms with Crippen molar-refractivity contribution in [2.75, 3.05) is 13.2 Å². The molecule has 0 aromatic rings. The summed E-state index contributed by atoms with van der Waals surface area (Å²) in [6.45, 7) is 2.55. The first-order valence-electron chi connectivity index (χ1n) is 7.48. The Hall–Kier alpha value is -1.30.